The maximum atomic E-state index is 12.9. The van der Waals surface area contributed by atoms with Crippen molar-refractivity contribution in [2.75, 3.05) is 19.6 Å². The molecule has 1 amide bonds. The highest BCUT2D eigenvalue weighted by Crippen LogP contribution is 2.49. The molecule has 120 valence electrons. The summed E-state index contributed by atoms with van der Waals surface area (Å²) in [6.07, 6.45) is 0.975. The second-order valence-corrected chi connectivity index (χ2v) is 6.84. The van der Waals surface area contributed by atoms with E-state index in [0.717, 1.165) is 30.6 Å². The maximum Gasteiger partial charge on any atom is 0.406 e. The number of hydrogen-bond donors (Lipinski definition) is 1. The smallest absolute Gasteiger partial charge is 0.330 e. The second-order valence-electron chi connectivity index (χ2n) is 6.84. The Hall–Kier alpha value is -0.780. The molecule has 3 unspecified atom stereocenters. The minimum absolute atomic E-state index is 0.152. The van der Waals surface area contributed by atoms with E-state index in [9.17, 15) is 18.0 Å². The van der Waals surface area contributed by atoms with Crippen LogP contribution in [0.25, 0.3) is 0 Å². The number of rotatable bonds is 3. The third kappa shape index (κ3) is 3.35. The van der Waals surface area contributed by atoms with Crippen LogP contribution in [0.3, 0.4) is 0 Å². The molecule has 21 heavy (non-hydrogen) atoms. The number of fused-ring (bicyclic) bond motifs is 2. The van der Waals surface area contributed by atoms with E-state index < -0.39 is 12.7 Å². The molecule has 1 saturated heterocycles. The Morgan fingerprint density at radius 2 is 1.81 bits per heavy atom. The largest absolute Gasteiger partial charge is 0.406 e. The van der Waals surface area contributed by atoms with Crippen molar-refractivity contribution in [3.63, 3.8) is 0 Å². The Bertz CT molecular complexity index is 393. The minimum atomic E-state index is -4.31. The second kappa shape index (κ2) is 5.78. The van der Waals surface area contributed by atoms with Gasteiger partial charge in [0.25, 0.3) is 0 Å². The normalized spacial score (nSPS) is 33.4. The lowest BCUT2D eigenvalue weighted by Crippen LogP contribution is -2.52. The Kier molecular flexibility index (Phi) is 4.17. The molecule has 0 aromatic heterocycles. The Labute approximate surface area is 123 Å². The molecule has 3 aliphatic rings. The van der Waals surface area contributed by atoms with Crippen LogP contribution < -0.4 is 5.32 Å². The fraction of sp³-hybridized carbons (Fsp3) is 0.933. The molecule has 0 radical (unpaired) electrons. The number of nitrogens with zero attached hydrogens (tertiary/aromatic N) is 1. The molecule has 2 aliphatic carbocycles. The van der Waals surface area contributed by atoms with Crippen LogP contribution in [0, 0.1) is 17.8 Å². The molecular formula is C15H23F3N2O. The molecule has 3 fully saturated rings. The number of carbonyl (C=O) groups is 1. The molecule has 1 aliphatic heterocycles. The van der Waals surface area contributed by atoms with Gasteiger partial charge < -0.3 is 10.2 Å². The summed E-state index contributed by atoms with van der Waals surface area (Å²) in [6, 6.07) is -0.250. The highest BCUT2D eigenvalue weighted by Gasteiger charge is 2.47. The van der Waals surface area contributed by atoms with Gasteiger partial charge in [0.2, 0.25) is 5.91 Å². The zero-order valence-corrected chi connectivity index (χ0v) is 12.2. The average molecular weight is 304 g/mol. The lowest BCUT2D eigenvalue weighted by atomic mass is 9.87. The monoisotopic (exact) mass is 304 g/mol. The van der Waals surface area contributed by atoms with Gasteiger partial charge in [0.05, 0.1) is 0 Å². The number of halogens is 3. The summed E-state index contributed by atoms with van der Waals surface area (Å²) in [6.45, 7) is 0.316. The lowest BCUT2D eigenvalue weighted by Gasteiger charge is -2.38. The van der Waals surface area contributed by atoms with Crippen molar-refractivity contribution in [2.24, 2.45) is 17.8 Å². The predicted molar refractivity (Wildman–Crippen MR) is 72.6 cm³/mol. The molecule has 3 nitrogen and oxygen atoms in total. The van der Waals surface area contributed by atoms with Crippen molar-refractivity contribution in [2.45, 2.75) is 50.7 Å². The highest BCUT2D eigenvalue weighted by molar-refractivity contribution is 5.80. The average Bonchev–Trinajstić information content (AvgIpc) is 3.06. The summed E-state index contributed by atoms with van der Waals surface area (Å²) in [5.41, 5.74) is 0. The number of alkyl halides is 3. The fourth-order valence-corrected chi connectivity index (χ4v) is 4.46. The van der Waals surface area contributed by atoms with Gasteiger partial charge in [-0.1, -0.05) is 6.42 Å². The van der Waals surface area contributed by atoms with Crippen molar-refractivity contribution in [3.8, 4) is 0 Å². The van der Waals surface area contributed by atoms with Crippen LogP contribution in [0.4, 0.5) is 13.2 Å². The van der Waals surface area contributed by atoms with Gasteiger partial charge in [-0.2, -0.15) is 13.2 Å². The van der Waals surface area contributed by atoms with E-state index >= 15 is 0 Å². The van der Waals surface area contributed by atoms with Crippen LogP contribution in [-0.2, 0) is 4.79 Å². The molecule has 2 bridgehead atoms. The molecule has 6 heteroatoms. The van der Waals surface area contributed by atoms with Crippen LogP contribution in [0.15, 0.2) is 0 Å². The number of carbonyl (C=O) groups excluding carboxylic acids is 1. The minimum Gasteiger partial charge on any atom is -0.330 e. The van der Waals surface area contributed by atoms with Crippen molar-refractivity contribution >= 4 is 5.91 Å². The van der Waals surface area contributed by atoms with Gasteiger partial charge in [-0.25, -0.2) is 0 Å². The topological polar surface area (TPSA) is 32.3 Å². The molecular weight excluding hydrogens is 281 g/mol. The van der Waals surface area contributed by atoms with Crippen LogP contribution in [0.2, 0.25) is 0 Å². The number of hydrogen-bond acceptors (Lipinski definition) is 2. The van der Waals surface area contributed by atoms with E-state index in [4.69, 9.17) is 0 Å². The van der Waals surface area contributed by atoms with Crippen molar-refractivity contribution in [1.29, 1.82) is 0 Å². The van der Waals surface area contributed by atoms with E-state index in [1.54, 1.807) is 0 Å². The number of amides is 1. The zero-order chi connectivity index (χ0) is 15.0. The Balaban J connectivity index is 1.72. The molecule has 3 rings (SSSR count). The molecule has 0 aromatic rings. The van der Waals surface area contributed by atoms with Gasteiger partial charge in [0.1, 0.15) is 6.54 Å². The maximum absolute atomic E-state index is 12.9. The Morgan fingerprint density at radius 3 is 2.33 bits per heavy atom. The predicted octanol–water partition coefficient (Wildman–Crippen LogP) is 2.57. The first-order chi connectivity index (χ1) is 9.94. The van der Waals surface area contributed by atoms with E-state index in [2.05, 4.69) is 5.32 Å². The van der Waals surface area contributed by atoms with Crippen LogP contribution >= 0.6 is 0 Å². The van der Waals surface area contributed by atoms with Crippen LogP contribution in [0.5, 0.6) is 0 Å². The van der Waals surface area contributed by atoms with Gasteiger partial charge >= 0.3 is 6.18 Å². The van der Waals surface area contributed by atoms with Gasteiger partial charge in [0, 0.05) is 12.0 Å². The quantitative estimate of drug-likeness (QED) is 0.869. The fourth-order valence-electron chi connectivity index (χ4n) is 4.46. The molecule has 1 N–H and O–H groups in total. The summed E-state index contributed by atoms with van der Waals surface area (Å²) >= 11 is 0. The molecule has 2 saturated carbocycles. The third-order valence-corrected chi connectivity index (χ3v) is 5.44. The van der Waals surface area contributed by atoms with Crippen molar-refractivity contribution in [3.05, 3.63) is 0 Å². The third-order valence-electron chi connectivity index (χ3n) is 5.44. The zero-order valence-electron chi connectivity index (χ0n) is 12.2. The van der Waals surface area contributed by atoms with Gasteiger partial charge in [-0.15, -0.1) is 0 Å². The van der Waals surface area contributed by atoms with E-state index in [1.165, 1.54) is 0 Å². The number of nitrogens with one attached hydrogen (secondary N) is 1. The molecule has 0 aromatic carbocycles. The first-order valence-corrected chi connectivity index (χ1v) is 8.02. The van der Waals surface area contributed by atoms with Crippen molar-refractivity contribution in [1.82, 2.24) is 10.2 Å². The molecule has 0 spiro atoms. The van der Waals surface area contributed by atoms with E-state index in [1.807, 2.05) is 0 Å². The summed E-state index contributed by atoms with van der Waals surface area (Å²) in [4.78, 5) is 13.9. The molecule has 3 atom stereocenters. The summed E-state index contributed by atoms with van der Waals surface area (Å²) in [5, 5.41) is 3.15. The van der Waals surface area contributed by atoms with Gasteiger partial charge in [-0.05, 0) is 57.0 Å². The first-order valence-electron chi connectivity index (χ1n) is 8.02. The summed E-state index contributed by atoms with van der Waals surface area (Å²) in [5.74, 6) is 0.525. The van der Waals surface area contributed by atoms with Crippen LogP contribution in [-0.4, -0.2) is 42.7 Å². The van der Waals surface area contributed by atoms with E-state index in [0.29, 0.717) is 37.8 Å². The SMILES string of the molecule is O=C(C1CC2CCC1C2)N(CC(F)(F)F)C1CCNCC1. The number of piperidine rings is 1. The first kappa shape index (κ1) is 15.1. The standard InChI is InChI=1S/C15H23F3N2O/c16-15(17,18)9-20(12-3-5-19-6-4-12)14(21)13-8-10-1-2-11(13)7-10/h10-13,19H,1-9H2. The Morgan fingerprint density at radius 1 is 1.10 bits per heavy atom. The van der Waals surface area contributed by atoms with Gasteiger partial charge in [-0.3, -0.25) is 4.79 Å². The molecule has 1 heterocycles. The van der Waals surface area contributed by atoms with Crippen LogP contribution in [0.1, 0.15) is 38.5 Å². The highest BCUT2D eigenvalue weighted by atomic mass is 19.4. The summed E-state index contributed by atoms with van der Waals surface area (Å²) in [7, 11) is 0. The van der Waals surface area contributed by atoms with Crippen molar-refractivity contribution < 1.29 is 18.0 Å². The summed E-state index contributed by atoms with van der Waals surface area (Å²) < 4.78 is 38.7. The lowest BCUT2D eigenvalue weighted by molar-refractivity contribution is -0.170. The van der Waals surface area contributed by atoms with Gasteiger partial charge in [0.15, 0.2) is 0 Å². The van der Waals surface area contributed by atoms with E-state index in [-0.39, 0.29) is 17.9 Å².